The van der Waals surface area contributed by atoms with Crippen LogP contribution in [0.25, 0.3) is 0 Å². The predicted octanol–water partition coefficient (Wildman–Crippen LogP) is 4.22. The maximum absolute atomic E-state index is 6.06. The predicted molar refractivity (Wildman–Crippen MR) is 123 cm³/mol. The molecule has 0 spiro atoms. The third-order valence-electron chi connectivity index (χ3n) is 4.78. The highest BCUT2D eigenvalue weighted by molar-refractivity contribution is 14.0. The van der Waals surface area contributed by atoms with E-state index < -0.39 is 0 Å². The molecule has 7 heteroatoms. The minimum atomic E-state index is 0. The van der Waals surface area contributed by atoms with Crippen molar-refractivity contribution in [1.82, 2.24) is 5.32 Å². The lowest BCUT2D eigenvalue weighted by molar-refractivity contribution is 0.354. The molecule has 3 rings (SSSR count). The van der Waals surface area contributed by atoms with Crippen molar-refractivity contribution in [3.63, 3.8) is 0 Å². The van der Waals surface area contributed by atoms with Gasteiger partial charge in [-0.3, -0.25) is 0 Å². The topological polar surface area (TPSA) is 68.9 Å². The third-order valence-corrected chi connectivity index (χ3v) is 5.27. The average Bonchev–Trinajstić information content (AvgIpc) is 3.45. The Bertz CT molecular complexity index is 810. The van der Waals surface area contributed by atoms with E-state index in [4.69, 9.17) is 15.2 Å². The zero-order valence-corrected chi connectivity index (χ0v) is 19.4. The summed E-state index contributed by atoms with van der Waals surface area (Å²) in [6.07, 6.45) is 2.33. The molecule has 0 amide bonds. The van der Waals surface area contributed by atoms with E-state index in [1.54, 1.807) is 14.2 Å². The number of benzene rings is 2. The minimum Gasteiger partial charge on any atom is -0.493 e. The Morgan fingerprint density at radius 2 is 1.89 bits per heavy atom. The van der Waals surface area contributed by atoms with Crippen LogP contribution in [0, 0.1) is 0 Å². The van der Waals surface area contributed by atoms with Gasteiger partial charge in [-0.25, -0.2) is 4.99 Å². The molecule has 0 bridgehead atoms. The first-order valence-corrected chi connectivity index (χ1v) is 9.36. The van der Waals surface area contributed by atoms with Gasteiger partial charge >= 0.3 is 0 Å². The molecule has 1 fully saturated rings. The molecule has 0 radical (unpaired) electrons. The van der Waals surface area contributed by atoms with E-state index in [2.05, 4.69) is 44.4 Å². The molecule has 5 nitrogen and oxygen atoms in total. The van der Waals surface area contributed by atoms with Crippen LogP contribution < -0.4 is 20.5 Å². The van der Waals surface area contributed by atoms with Gasteiger partial charge in [-0.1, -0.05) is 34.1 Å². The second-order valence-electron chi connectivity index (χ2n) is 6.54. The summed E-state index contributed by atoms with van der Waals surface area (Å²) in [4.78, 5) is 4.45. The molecule has 2 aromatic rings. The summed E-state index contributed by atoms with van der Waals surface area (Å²) in [6.45, 7) is 1.29. The molecule has 2 aromatic carbocycles. The summed E-state index contributed by atoms with van der Waals surface area (Å²) in [6, 6.07) is 14.2. The largest absolute Gasteiger partial charge is 0.493 e. The van der Waals surface area contributed by atoms with E-state index in [0.29, 0.717) is 24.0 Å². The van der Waals surface area contributed by atoms with Crippen LogP contribution in [0.1, 0.15) is 24.0 Å². The Morgan fingerprint density at radius 3 is 2.52 bits per heavy atom. The fourth-order valence-electron chi connectivity index (χ4n) is 3.01. The molecule has 0 heterocycles. The summed E-state index contributed by atoms with van der Waals surface area (Å²) < 4.78 is 11.7. The van der Waals surface area contributed by atoms with Gasteiger partial charge in [0.05, 0.1) is 20.8 Å². The van der Waals surface area contributed by atoms with Crippen molar-refractivity contribution in [3.8, 4) is 11.5 Å². The first-order chi connectivity index (χ1) is 12.6. The SMILES string of the molecule is COc1ccc(CN=C(N)NCC2(c3cccc(Br)c3)CC2)cc1OC.I. The van der Waals surface area contributed by atoms with E-state index >= 15 is 0 Å². The quantitative estimate of drug-likeness (QED) is 0.310. The smallest absolute Gasteiger partial charge is 0.188 e. The maximum Gasteiger partial charge on any atom is 0.188 e. The zero-order valence-electron chi connectivity index (χ0n) is 15.5. The number of halogens is 2. The van der Waals surface area contributed by atoms with Gasteiger partial charge in [-0.15, -0.1) is 24.0 Å². The maximum atomic E-state index is 6.06. The van der Waals surface area contributed by atoms with Gasteiger partial charge in [-0.2, -0.15) is 0 Å². The number of nitrogens with two attached hydrogens (primary N) is 1. The van der Waals surface area contributed by atoms with E-state index in [9.17, 15) is 0 Å². The van der Waals surface area contributed by atoms with Crippen molar-refractivity contribution < 1.29 is 9.47 Å². The monoisotopic (exact) mass is 545 g/mol. The molecule has 0 saturated heterocycles. The molecule has 1 saturated carbocycles. The van der Waals surface area contributed by atoms with Crippen LogP contribution in [-0.2, 0) is 12.0 Å². The number of nitrogens with zero attached hydrogens (tertiary/aromatic N) is 1. The number of ether oxygens (including phenoxy) is 2. The summed E-state index contributed by atoms with van der Waals surface area (Å²) in [5.74, 6) is 1.86. The third kappa shape index (κ3) is 5.51. The van der Waals surface area contributed by atoms with Crippen molar-refractivity contribution in [2.24, 2.45) is 10.7 Å². The fraction of sp³-hybridized carbons (Fsp3) is 0.350. The second-order valence-corrected chi connectivity index (χ2v) is 7.45. The lowest BCUT2D eigenvalue weighted by atomic mass is 9.96. The Kier molecular flexibility index (Phi) is 7.79. The van der Waals surface area contributed by atoms with Crippen LogP contribution in [0.2, 0.25) is 0 Å². The first kappa shape index (κ1) is 21.8. The highest BCUT2D eigenvalue weighted by Crippen LogP contribution is 2.48. The highest BCUT2D eigenvalue weighted by atomic mass is 127. The molecule has 0 aliphatic heterocycles. The minimum absolute atomic E-state index is 0. The number of guanidine groups is 1. The van der Waals surface area contributed by atoms with Crippen molar-refractivity contribution in [2.75, 3.05) is 20.8 Å². The summed E-state index contributed by atoms with van der Waals surface area (Å²) >= 11 is 3.55. The lowest BCUT2D eigenvalue weighted by Gasteiger charge is -2.17. The molecule has 1 aliphatic rings. The molecular formula is C20H25BrIN3O2. The van der Waals surface area contributed by atoms with Crippen molar-refractivity contribution in [2.45, 2.75) is 24.8 Å². The van der Waals surface area contributed by atoms with Crippen molar-refractivity contribution >= 4 is 45.9 Å². The van der Waals surface area contributed by atoms with Crippen LogP contribution in [0.15, 0.2) is 51.9 Å². The molecule has 0 aromatic heterocycles. The van der Waals surface area contributed by atoms with E-state index in [1.165, 1.54) is 18.4 Å². The van der Waals surface area contributed by atoms with Gasteiger partial charge in [0.25, 0.3) is 0 Å². The summed E-state index contributed by atoms with van der Waals surface area (Å²) in [7, 11) is 3.24. The average molecular weight is 546 g/mol. The van der Waals surface area contributed by atoms with Crippen LogP contribution in [0.5, 0.6) is 11.5 Å². The molecule has 27 heavy (non-hydrogen) atoms. The van der Waals surface area contributed by atoms with Gasteiger partial charge in [0.1, 0.15) is 0 Å². The van der Waals surface area contributed by atoms with Crippen LogP contribution in [-0.4, -0.2) is 26.7 Å². The van der Waals surface area contributed by atoms with Crippen LogP contribution in [0.4, 0.5) is 0 Å². The number of aliphatic imine (C=N–C) groups is 1. The number of methoxy groups -OCH3 is 2. The van der Waals surface area contributed by atoms with Gasteiger partial charge in [0.15, 0.2) is 17.5 Å². The molecule has 1 aliphatic carbocycles. The summed E-state index contributed by atoms with van der Waals surface area (Å²) in [5, 5.41) is 3.28. The fourth-order valence-corrected chi connectivity index (χ4v) is 3.41. The Balaban J connectivity index is 0.00000261. The lowest BCUT2D eigenvalue weighted by Crippen LogP contribution is -2.37. The molecule has 3 N–H and O–H groups in total. The van der Waals surface area contributed by atoms with Crippen molar-refractivity contribution in [3.05, 3.63) is 58.1 Å². The number of nitrogens with one attached hydrogen (secondary N) is 1. The van der Waals surface area contributed by atoms with E-state index in [-0.39, 0.29) is 29.4 Å². The van der Waals surface area contributed by atoms with Gasteiger partial charge in [0, 0.05) is 16.4 Å². The van der Waals surface area contributed by atoms with Gasteiger partial charge in [-0.05, 0) is 48.2 Å². The number of hydrogen-bond donors (Lipinski definition) is 2. The number of rotatable bonds is 7. The molecule has 0 atom stereocenters. The van der Waals surface area contributed by atoms with E-state index in [1.807, 2.05) is 24.3 Å². The van der Waals surface area contributed by atoms with Crippen LogP contribution >= 0.6 is 39.9 Å². The number of hydrogen-bond acceptors (Lipinski definition) is 3. The molecule has 146 valence electrons. The van der Waals surface area contributed by atoms with Gasteiger partial charge < -0.3 is 20.5 Å². The standard InChI is InChI=1S/C20H24BrN3O2.HI/c1-25-17-7-6-14(10-18(17)26-2)12-23-19(22)24-13-20(8-9-20)15-4-3-5-16(21)11-15;/h3-7,10-11H,8-9,12-13H2,1-2H3,(H3,22,23,24);1H. The normalized spacial score (nSPS) is 14.9. The Morgan fingerprint density at radius 1 is 1.15 bits per heavy atom. The molecule has 0 unspecified atom stereocenters. The summed E-state index contributed by atoms with van der Waals surface area (Å²) in [5.41, 5.74) is 8.59. The Hall–Kier alpha value is -1.48. The zero-order chi connectivity index (χ0) is 18.6. The van der Waals surface area contributed by atoms with E-state index in [0.717, 1.165) is 16.6 Å². The Labute approximate surface area is 185 Å². The van der Waals surface area contributed by atoms with Gasteiger partial charge in [0.2, 0.25) is 0 Å². The second kappa shape index (κ2) is 9.64. The van der Waals surface area contributed by atoms with Crippen molar-refractivity contribution in [1.29, 1.82) is 0 Å². The van der Waals surface area contributed by atoms with Crippen LogP contribution in [0.3, 0.4) is 0 Å². The highest BCUT2D eigenvalue weighted by Gasteiger charge is 2.44. The first-order valence-electron chi connectivity index (χ1n) is 8.57. The molecular weight excluding hydrogens is 521 g/mol.